The zero-order chi connectivity index (χ0) is 11.1. The van der Waals surface area contributed by atoms with Crippen LogP contribution in [0.15, 0.2) is 12.2 Å². The van der Waals surface area contributed by atoms with Gasteiger partial charge in [-0.05, 0) is 18.8 Å². The Morgan fingerprint density at radius 1 is 1.20 bits per heavy atom. The summed E-state index contributed by atoms with van der Waals surface area (Å²) in [6.45, 7) is 0.669. The van der Waals surface area contributed by atoms with Crippen LogP contribution in [0.2, 0.25) is 0 Å². The molecule has 0 bridgehead atoms. The lowest BCUT2D eigenvalue weighted by Crippen LogP contribution is -2.28. The van der Waals surface area contributed by atoms with Gasteiger partial charge >= 0.3 is 5.97 Å². The molecular formula is C11H17NO3. The van der Waals surface area contributed by atoms with E-state index in [9.17, 15) is 9.59 Å². The molecule has 0 aromatic heterocycles. The quantitative estimate of drug-likeness (QED) is 0.689. The van der Waals surface area contributed by atoms with Gasteiger partial charge in [0.2, 0.25) is 5.91 Å². The van der Waals surface area contributed by atoms with E-state index in [4.69, 9.17) is 5.11 Å². The van der Waals surface area contributed by atoms with Crippen LogP contribution in [-0.2, 0) is 9.59 Å². The van der Waals surface area contributed by atoms with Gasteiger partial charge in [-0.15, -0.1) is 0 Å². The van der Waals surface area contributed by atoms with Gasteiger partial charge in [0.15, 0.2) is 0 Å². The third-order valence-corrected chi connectivity index (χ3v) is 2.67. The molecule has 1 aliphatic carbocycles. The Hall–Kier alpha value is -1.32. The molecule has 0 heterocycles. The lowest BCUT2D eigenvalue weighted by Gasteiger charge is -2.21. The van der Waals surface area contributed by atoms with E-state index in [-0.39, 0.29) is 5.91 Å². The monoisotopic (exact) mass is 211 g/mol. The van der Waals surface area contributed by atoms with Crippen molar-refractivity contribution in [2.45, 2.75) is 32.1 Å². The first-order valence-electron chi connectivity index (χ1n) is 5.37. The maximum atomic E-state index is 11.1. The molecule has 0 aliphatic heterocycles. The molecule has 1 rings (SSSR count). The number of amides is 1. The van der Waals surface area contributed by atoms with E-state index in [1.165, 1.54) is 32.1 Å². The molecule has 2 N–H and O–H groups in total. The summed E-state index contributed by atoms with van der Waals surface area (Å²) in [5.74, 6) is -0.841. The van der Waals surface area contributed by atoms with Crippen molar-refractivity contribution in [3.05, 3.63) is 12.2 Å². The number of carbonyl (C=O) groups excluding carboxylic acids is 1. The number of aliphatic carboxylic acids is 1. The minimum absolute atomic E-state index is 0.317. The normalized spacial score (nSPS) is 17.9. The van der Waals surface area contributed by atoms with Gasteiger partial charge in [-0.2, -0.15) is 0 Å². The zero-order valence-corrected chi connectivity index (χ0v) is 8.74. The minimum atomic E-state index is -1.09. The summed E-state index contributed by atoms with van der Waals surface area (Å²) in [7, 11) is 0. The molecule has 0 aromatic rings. The summed E-state index contributed by atoms with van der Waals surface area (Å²) < 4.78 is 0. The van der Waals surface area contributed by atoms with Crippen molar-refractivity contribution in [3.8, 4) is 0 Å². The van der Waals surface area contributed by atoms with Crippen LogP contribution in [0.25, 0.3) is 0 Å². The molecule has 0 aromatic carbocycles. The third-order valence-electron chi connectivity index (χ3n) is 2.67. The van der Waals surface area contributed by atoms with Crippen molar-refractivity contribution in [2.24, 2.45) is 5.92 Å². The Bertz CT molecular complexity index is 255. The summed E-state index contributed by atoms with van der Waals surface area (Å²) in [6.07, 6.45) is 8.04. The Kier molecular flexibility index (Phi) is 4.87. The lowest BCUT2D eigenvalue weighted by molar-refractivity contribution is -0.131. The van der Waals surface area contributed by atoms with Crippen molar-refractivity contribution < 1.29 is 14.7 Å². The molecular weight excluding hydrogens is 194 g/mol. The molecule has 84 valence electrons. The molecule has 4 nitrogen and oxygen atoms in total. The Morgan fingerprint density at radius 3 is 2.47 bits per heavy atom. The van der Waals surface area contributed by atoms with Gasteiger partial charge in [-0.3, -0.25) is 4.79 Å². The van der Waals surface area contributed by atoms with Gasteiger partial charge in [-0.1, -0.05) is 19.3 Å². The maximum absolute atomic E-state index is 11.1. The molecule has 0 radical (unpaired) electrons. The van der Waals surface area contributed by atoms with Crippen molar-refractivity contribution in [1.29, 1.82) is 0 Å². The summed E-state index contributed by atoms with van der Waals surface area (Å²) >= 11 is 0. The second-order valence-electron chi connectivity index (χ2n) is 3.92. The van der Waals surface area contributed by atoms with Crippen LogP contribution in [0.5, 0.6) is 0 Å². The summed E-state index contributed by atoms with van der Waals surface area (Å²) in [4.78, 5) is 21.3. The minimum Gasteiger partial charge on any atom is -0.478 e. The van der Waals surface area contributed by atoms with Crippen LogP contribution >= 0.6 is 0 Å². The first kappa shape index (κ1) is 11.8. The zero-order valence-electron chi connectivity index (χ0n) is 8.74. The number of nitrogens with one attached hydrogen (secondary N) is 1. The maximum Gasteiger partial charge on any atom is 0.328 e. The first-order valence-corrected chi connectivity index (χ1v) is 5.37. The second-order valence-corrected chi connectivity index (χ2v) is 3.92. The molecule has 15 heavy (non-hydrogen) atoms. The fourth-order valence-corrected chi connectivity index (χ4v) is 1.84. The predicted molar refractivity (Wildman–Crippen MR) is 56.4 cm³/mol. The van der Waals surface area contributed by atoms with E-state index in [0.717, 1.165) is 12.2 Å². The largest absolute Gasteiger partial charge is 0.478 e. The standard InChI is InChI=1S/C11H17NO3/c13-10(6-7-11(14)15)12-8-9-4-2-1-3-5-9/h6-7,9H,1-5,8H2,(H,12,13)(H,14,15)/b7-6-. The topological polar surface area (TPSA) is 66.4 Å². The van der Waals surface area contributed by atoms with E-state index in [0.29, 0.717) is 12.5 Å². The molecule has 0 spiro atoms. The smallest absolute Gasteiger partial charge is 0.328 e. The molecule has 4 heteroatoms. The fraction of sp³-hybridized carbons (Fsp3) is 0.636. The predicted octanol–water partition coefficient (Wildman–Crippen LogP) is 1.32. The number of rotatable bonds is 4. The van der Waals surface area contributed by atoms with Crippen LogP contribution in [0.1, 0.15) is 32.1 Å². The van der Waals surface area contributed by atoms with E-state index in [1.807, 2.05) is 0 Å². The summed E-state index contributed by atoms with van der Waals surface area (Å²) in [6, 6.07) is 0. The highest BCUT2D eigenvalue weighted by molar-refractivity contribution is 5.93. The summed E-state index contributed by atoms with van der Waals surface area (Å²) in [5.41, 5.74) is 0. The van der Waals surface area contributed by atoms with Gasteiger partial charge in [0.05, 0.1) is 0 Å². The van der Waals surface area contributed by atoms with E-state index in [1.54, 1.807) is 0 Å². The number of hydrogen-bond acceptors (Lipinski definition) is 2. The van der Waals surface area contributed by atoms with Gasteiger partial charge < -0.3 is 10.4 Å². The molecule has 1 fully saturated rings. The average Bonchev–Trinajstić information content (AvgIpc) is 2.25. The first-order chi connectivity index (χ1) is 7.18. The average molecular weight is 211 g/mol. The SMILES string of the molecule is O=C(O)/C=C\C(=O)NCC1CCCCC1. The molecule has 1 aliphatic rings. The van der Waals surface area contributed by atoms with Crippen LogP contribution in [0.3, 0.4) is 0 Å². The Morgan fingerprint density at radius 2 is 1.87 bits per heavy atom. The molecule has 1 saturated carbocycles. The number of hydrogen-bond donors (Lipinski definition) is 2. The van der Waals surface area contributed by atoms with Crippen LogP contribution in [0.4, 0.5) is 0 Å². The van der Waals surface area contributed by atoms with E-state index in [2.05, 4.69) is 5.32 Å². The number of carboxylic acids is 1. The van der Waals surface area contributed by atoms with Gasteiger partial charge in [0.25, 0.3) is 0 Å². The number of carboxylic acid groups (broad SMARTS) is 1. The fourth-order valence-electron chi connectivity index (χ4n) is 1.84. The number of carbonyl (C=O) groups is 2. The van der Waals surface area contributed by atoms with Gasteiger partial charge in [-0.25, -0.2) is 4.79 Å². The van der Waals surface area contributed by atoms with Crippen molar-refractivity contribution in [2.75, 3.05) is 6.54 Å². The van der Waals surface area contributed by atoms with Gasteiger partial charge in [0.1, 0.15) is 0 Å². The van der Waals surface area contributed by atoms with Crippen LogP contribution < -0.4 is 5.32 Å². The Balaban J connectivity index is 2.18. The summed E-state index contributed by atoms with van der Waals surface area (Å²) in [5, 5.41) is 11.0. The molecule has 0 atom stereocenters. The van der Waals surface area contributed by atoms with Crippen molar-refractivity contribution in [1.82, 2.24) is 5.32 Å². The second kappa shape index (κ2) is 6.22. The molecule has 1 amide bonds. The highest BCUT2D eigenvalue weighted by atomic mass is 16.4. The molecule has 0 saturated heterocycles. The highest BCUT2D eigenvalue weighted by Crippen LogP contribution is 2.22. The lowest BCUT2D eigenvalue weighted by atomic mass is 9.89. The van der Waals surface area contributed by atoms with E-state index >= 15 is 0 Å². The van der Waals surface area contributed by atoms with Crippen molar-refractivity contribution >= 4 is 11.9 Å². The molecule has 0 unspecified atom stereocenters. The van der Waals surface area contributed by atoms with Gasteiger partial charge in [0, 0.05) is 18.7 Å². The van der Waals surface area contributed by atoms with Crippen LogP contribution in [0, 0.1) is 5.92 Å². The van der Waals surface area contributed by atoms with Crippen LogP contribution in [-0.4, -0.2) is 23.5 Å². The van der Waals surface area contributed by atoms with Crippen molar-refractivity contribution in [3.63, 3.8) is 0 Å². The highest BCUT2D eigenvalue weighted by Gasteiger charge is 2.13. The van der Waals surface area contributed by atoms with E-state index < -0.39 is 5.97 Å². The Labute approximate surface area is 89.4 Å². The third kappa shape index (κ3) is 5.20.